The Hall–Kier alpha value is -6.34. The van der Waals surface area contributed by atoms with Gasteiger partial charge in [-0.2, -0.15) is 0 Å². The molecular weight excluding hydrogens is 683 g/mol. The molecule has 0 amide bonds. The minimum absolute atomic E-state index is 0.751. The molecule has 0 radical (unpaired) electrons. The van der Waals surface area contributed by atoms with Crippen molar-refractivity contribution in [2.45, 2.75) is 9.79 Å². The van der Waals surface area contributed by atoms with E-state index in [1.54, 1.807) is 0 Å². The Morgan fingerprint density at radius 3 is 2.09 bits per heavy atom. The van der Waals surface area contributed by atoms with Crippen LogP contribution in [0.2, 0.25) is 0 Å². The number of pyridine rings is 2. The highest BCUT2D eigenvalue weighted by molar-refractivity contribution is 8.00. The van der Waals surface area contributed by atoms with Crippen molar-refractivity contribution in [1.29, 1.82) is 0 Å². The number of hydrogen-bond acceptors (Lipinski definition) is 3. The van der Waals surface area contributed by atoms with E-state index in [-0.39, 0.29) is 0 Å². The van der Waals surface area contributed by atoms with Crippen LogP contribution in [0, 0.1) is 7.05 Å². The predicted molar refractivity (Wildman–Crippen MR) is 219 cm³/mol. The molecule has 6 aromatic carbocycles. The normalized spacial score (nSPS) is 13.1. The number of benzene rings is 6. The maximum absolute atomic E-state index is 6.61. The number of nitrogens with zero attached hydrogens (tertiary/aromatic N) is 3. The maximum atomic E-state index is 6.61. The van der Waals surface area contributed by atoms with Crippen LogP contribution in [0.1, 0.15) is 0 Å². The Bertz CT molecular complexity index is 2760. The quantitative estimate of drug-likeness (QED) is 0.0985. The van der Waals surface area contributed by atoms with Gasteiger partial charge in [0.2, 0.25) is 0 Å². The summed E-state index contributed by atoms with van der Waals surface area (Å²) in [5.41, 5.74) is 5.15. The Morgan fingerprint density at radius 2 is 1.32 bits per heavy atom. The standard InChI is InChI=1S/C47H33N3OSSi/c1-49-30-14-23-40-39-27-28-43-46(53(37-19-4-2-5-20-37,38-21-6-3-7-22-38)44-26-9-8-25-42(44)52-43)45(39)50(47(40)49)34-16-13-18-36(32-34)51-35-17-12-15-33(31-35)41-24-10-11-29-48-41/h2-32H,1H2. The highest BCUT2D eigenvalue weighted by Crippen LogP contribution is 2.39. The zero-order chi connectivity index (χ0) is 35.4. The van der Waals surface area contributed by atoms with Crippen LogP contribution in [-0.4, -0.2) is 17.6 Å². The Balaban J connectivity index is 1.26. The lowest BCUT2D eigenvalue weighted by Gasteiger charge is -2.39. The van der Waals surface area contributed by atoms with Gasteiger partial charge < -0.3 is 9.30 Å². The van der Waals surface area contributed by atoms with Crippen LogP contribution >= 0.6 is 11.8 Å². The third-order valence-corrected chi connectivity index (χ3v) is 16.7. The molecule has 252 valence electrons. The molecule has 0 unspecified atom stereocenters. The van der Waals surface area contributed by atoms with Crippen LogP contribution in [-0.2, 0) is 0 Å². The minimum Gasteiger partial charge on any atom is -0.457 e. The van der Waals surface area contributed by atoms with Gasteiger partial charge in [0.15, 0.2) is 13.7 Å². The van der Waals surface area contributed by atoms with Gasteiger partial charge in [-0.15, -0.1) is 0 Å². The summed E-state index contributed by atoms with van der Waals surface area (Å²) in [4.78, 5) is 7.15. The SMILES string of the molecule is [CH2-][n+]1cccc2c3ccc4c(c3n(-c3cccc(Oc5cccc(-c6ccccn6)c5)c3)c21)[Si](c1ccccc1)(c1ccccc1)c1ccccc1S4. The van der Waals surface area contributed by atoms with E-state index in [0.717, 1.165) is 39.5 Å². The van der Waals surface area contributed by atoms with Crippen molar-refractivity contribution >= 4 is 62.5 Å². The first-order chi connectivity index (χ1) is 26.2. The number of hydrogen-bond donors (Lipinski definition) is 0. The molecule has 53 heavy (non-hydrogen) atoms. The van der Waals surface area contributed by atoms with Crippen LogP contribution in [0.25, 0.3) is 38.9 Å². The number of ether oxygens (including phenoxy) is 1. The zero-order valence-corrected chi connectivity index (χ0v) is 30.6. The molecule has 0 aliphatic carbocycles. The van der Waals surface area contributed by atoms with Gasteiger partial charge in [0.05, 0.1) is 5.69 Å². The van der Waals surface area contributed by atoms with Gasteiger partial charge in [-0.25, -0.2) is 4.57 Å². The van der Waals surface area contributed by atoms with Gasteiger partial charge in [-0.1, -0.05) is 127 Å². The fourth-order valence-electron chi connectivity index (χ4n) is 8.16. The summed E-state index contributed by atoms with van der Waals surface area (Å²) in [6.07, 6.45) is 3.85. The summed E-state index contributed by atoms with van der Waals surface area (Å²) in [6, 6.07) is 62.9. The Kier molecular flexibility index (Phi) is 7.53. The lowest BCUT2D eigenvalue weighted by atomic mass is 10.1. The van der Waals surface area contributed by atoms with Crippen molar-refractivity contribution in [2.24, 2.45) is 0 Å². The first kappa shape index (κ1) is 31.4. The third kappa shape index (κ3) is 5.02. The fourth-order valence-corrected chi connectivity index (χ4v) is 15.3. The second-order valence-corrected chi connectivity index (χ2v) is 18.1. The molecular formula is C47H33N3OSSi. The van der Waals surface area contributed by atoms with Crippen molar-refractivity contribution in [3.63, 3.8) is 0 Å². The minimum atomic E-state index is -2.91. The average molecular weight is 716 g/mol. The number of aromatic nitrogens is 3. The third-order valence-electron chi connectivity index (χ3n) is 10.3. The van der Waals surface area contributed by atoms with Gasteiger partial charge in [0.1, 0.15) is 22.7 Å². The Labute approximate surface area is 313 Å². The van der Waals surface area contributed by atoms with E-state index in [0.29, 0.717) is 0 Å². The largest absolute Gasteiger partial charge is 0.457 e. The molecule has 1 aliphatic rings. The Morgan fingerprint density at radius 1 is 0.604 bits per heavy atom. The first-order valence-corrected chi connectivity index (χ1v) is 20.5. The number of fused-ring (bicyclic) bond motifs is 6. The van der Waals surface area contributed by atoms with E-state index < -0.39 is 8.07 Å². The van der Waals surface area contributed by atoms with E-state index >= 15 is 0 Å². The fraction of sp³-hybridized carbons (Fsp3) is 0. The molecule has 6 heteroatoms. The molecule has 0 fully saturated rings. The van der Waals surface area contributed by atoms with E-state index in [1.807, 2.05) is 71.2 Å². The highest BCUT2D eigenvalue weighted by atomic mass is 32.2. The highest BCUT2D eigenvalue weighted by Gasteiger charge is 2.49. The van der Waals surface area contributed by atoms with Crippen LogP contribution in [0.3, 0.4) is 0 Å². The summed E-state index contributed by atoms with van der Waals surface area (Å²) in [6.45, 7) is 0. The zero-order valence-electron chi connectivity index (χ0n) is 28.8. The van der Waals surface area contributed by atoms with Gasteiger partial charge in [-0.05, 0) is 83.4 Å². The maximum Gasteiger partial charge on any atom is 0.192 e. The molecule has 0 saturated heterocycles. The molecule has 1 aliphatic heterocycles. The van der Waals surface area contributed by atoms with Crippen molar-refractivity contribution in [3.05, 3.63) is 195 Å². The van der Waals surface area contributed by atoms with Crippen molar-refractivity contribution in [1.82, 2.24) is 9.55 Å². The molecule has 0 atom stereocenters. The summed E-state index contributed by atoms with van der Waals surface area (Å²) in [5, 5.41) is 7.87. The first-order valence-electron chi connectivity index (χ1n) is 17.7. The molecule has 4 heterocycles. The van der Waals surface area contributed by atoms with Gasteiger partial charge >= 0.3 is 0 Å². The van der Waals surface area contributed by atoms with E-state index in [1.165, 1.54) is 41.4 Å². The van der Waals surface area contributed by atoms with Gasteiger partial charge in [0.25, 0.3) is 0 Å². The van der Waals surface area contributed by atoms with Crippen molar-refractivity contribution in [2.75, 3.05) is 0 Å². The summed E-state index contributed by atoms with van der Waals surface area (Å²) >= 11 is 1.88. The molecule has 3 aromatic heterocycles. The molecule has 0 saturated carbocycles. The topological polar surface area (TPSA) is 30.9 Å². The summed E-state index contributed by atoms with van der Waals surface area (Å²) in [7, 11) is 1.62. The van der Waals surface area contributed by atoms with Crippen molar-refractivity contribution in [3.8, 4) is 28.4 Å². The molecule has 0 spiro atoms. The van der Waals surface area contributed by atoms with Gasteiger partial charge in [-0.3, -0.25) is 4.98 Å². The van der Waals surface area contributed by atoms with Crippen LogP contribution in [0.15, 0.2) is 198 Å². The van der Waals surface area contributed by atoms with E-state index in [9.17, 15) is 0 Å². The molecule has 9 aromatic rings. The second kappa shape index (κ2) is 12.7. The average Bonchev–Trinajstić information content (AvgIpc) is 3.57. The van der Waals surface area contributed by atoms with Crippen LogP contribution in [0.4, 0.5) is 0 Å². The lowest BCUT2D eigenvalue weighted by Crippen LogP contribution is -2.76. The molecule has 10 rings (SSSR count). The second-order valence-electron chi connectivity index (χ2n) is 13.3. The lowest BCUT2D eigenvalue weighted by molar-refractivity contribution is -0.586. The van der Waals surface area contributed by atoms with Crippen LogP contribution in [0.5, 0.6) is 11.5 Å². The van der Waals surface area contributed by atoms with E-state index in [2.05, 4.69) is 150 Å². The monoisotopic (exact) mass is 715 g/mol. The smallest absolute Gasteiger partial charge is 0.192 e. The summed E-state index contributed by atoms with van der Waals surface area (Å²) in [5.74, 6) is 1.51. The van der Waals surface area contributed by atoms with E-state index in [4.69, 9.17) is 4.74 Å². The predicted octanol–water partition coefficient (Wildman–Crippen LogP) is 8.41. The number of rotatable bonds is 6. The van der Waals surface area contributed by atoms with Gasteiger partial charge in [0, 0.05) is 43.6 Å². The molecule has 4 nitrogen and oxygen atoms in total. The molecule has 0 N–H and O–H groups in total. The van der Waals surface area contributed by atoms with Crippen LogP contribution < -0.4 is 30.1 Å². The molecule has 0 bridgehead atoms. The summed E-state index contributed by atoms with van der Waals surface area (Å²) < 4.78 is 11.0. The van der Waals surface area contributed by atoms with Crippen molar-refractivity contribution < 1.29 is 9.30 Å².